The smallest absolute Gasteiger partial charge is 0.414 e. The second-order valence-electron chi connectivity index (χ2n) is 6.19. The Morgan fingerprint density at radius 2 is 1.87 bits per heavy atom. The van der Waals surface area contributed by atoms with Crippen molar-refractivity contribution in [2.45, 2.75) is 45.4 Å². The first-order valence-electron chi connectivity index (χ1n) is 7.62. The van der Waals surface area contributed by atoms with Crippen molar-refractivity contribution in [1.29, 1.82) is 0 Å². The minimum Gasteiger partial charge on any atom is -0.444 e. The number of imide groups is 1. The third-order valence-electron chi connectivity index (χ3n) is 2.95. The fourth-order valence-electron chi connectivity index (χ4n) is 1.89. The molecule has 0 spiro atoms. The van der Waals surface area contributed by atoms with E-state index in [9.17, 15) is 9.59 Å². The molecule has 2 N–H and O–H groups in total. The maximum Gasteiger partial charge on any atom is 0.414 e. The molecule has 0 bridgehead atoms. The molecule has 0 saturated heterocycles. The zero-order chi connectivity index (χ0) is 17.3. The van der Waals surface area contributed by atoms with E-state index in [0.29, 0.717) is 13.0 Å². The number of ether oxygens (including phenoxy) is 1. The van der Waals surface area contributed by atoms with E-state index in [1.165, 1.54) is 0 Å². The van der Waals surface area contributed by atoms with Crippen LogP contribution in [0.5, 0.6) is 0 Å². The predicted octanol–water partition coefficient (Wildman–Crippen LogP) is 2.95. The van der Waals surface area contributed by atoms with Gasteiger partial charge in [0.25, 0.3) is 0 Å². The van der Waals surface area contributed by atoms with Gasteiger partial charge in [-0.05, 0) is 44.8 Å². The molecule has 2 amide bonds. The van der Waals surface area contributed by atoms with Crippen molar-refractivity contribution in [1.82, 2.24) is 10.6 Å². The van der Waals surface area contributed by atoms with Gasteiger partial charge in [0.2, 0.25) is 5.91 Å². The highest BCUT2D eigenvalue weighted by molar-refractivity contribution is 7.98. The summed E-state index contributed by atoms with van der Waals surface area (Å²) in [5.41, 5.74) is 0.461. The molecule has 0 aliphatic heterocycles. The van der Waals surface area contributed by atoms with Gasteiger partial charge in [-0.15, -0.1) is 0 Å². The normalized spacial score (nSPS) is 12.5. The Morgan fingerprint density at radius 1 is 1.22 bits per heavy atom. The molecule has 0 unspecified atom stereocenters. The van der Waals surface area contributed by atoms with Crippen molar-refractivity contribution < 1.29 is 14.3 Å². The molecule has 128 valence electrons. The molecule has 0 saturated carbocycles. The van der Waals surface area contributed by atoms with Crippen molar-refractivity contribution in [3.8, 4) is 0 Å². The molecule has 0 aliphatic rings. The summed E-state index contributed by atoms with van der Waals surface area (Å²) in [6.45, 7) is 5.85. The SMILES string of the molecule is CSCC[C@H](NCc1ccccc1)C(=O)NC(=O)OC(C)(C)C. The van der Waals surface area contributed by atoms with E-state index < -0.39 is 17.7 Å². The van der Waals surface area contributed by atoms with E-state index in [-0.39, 0.29) is 5.91 Å². The van der Waals surface area contributed by atoms with Gasteiger partial charge in [0.05, 0.1) is 6.04 Å². The summed E-state index contributed by atoms with van der Waals surface area (Å²) in [7, 11) is 0. The van der Waals surface area contributed by atoms with Gasteiger partial charge >= 0.3 is 6.09 Å². The largest absolute Gasteiger partial charge is 0.444 e. The number of hydrogen-bond donors (Lipinski definition) is 2. The first kappa shape index (κ1) is 19.5. The van der Waals surface area contributed by atoms with Crippen LogP contribution in [0, 0.1) is 0 Å². The van der Waals surface area contributed by atoms with Gasteiger partial charge in [0, 0.05) is 6.54 Å². The Morgan fingerprint density at radius 3 is 2.43 bits per heavy atom. The molecule has 0 radical (unpaired) electrons. The number of carbonyl (C=O) groups excluding carboxylic acids is 2. The highest BCUT2D eigenvalue weighted by atomic mass is 32.2. The number of amides is 2. The molecule has 1 aromatic rings. The van der Waals surface area contributed by atoms with E-state index in [1.54, 1.807) is 32.5 Å². The van der Waals surface area contributed by atoms with Gasteiger partial charge in [-0.25, -0.2) is 4.79 Å². The Kier molecular flexibility index (Phi) is 8.12. The summed E-state index contributed by atoms with van der Waals surface area (Å²) < 4.78 is 5.12. The van der Waals surface area contributed by atoms with Crippen LogP contribution in [0.2, 0.25) is 0 Å². The Hall–Kier alpha value is -1.53. The number of alkyl carbamates (subject to hydrolysis) is 1. The summed E-state index contributed by atoms with van der Waals surface area (Å²) in [5, 5.41) is 5.52. The number of rotatable bonds is 7. The molecule has 1 rings (SSSR count). The van der Waals surface area contributed by atoms with Gasteiger partial charge in [0.15, 0.2) is 0 Å². The summed E-state index contributed by atoms with van der Waals surface area (Å²) >= 11 is 1.66. The highest BCUT2D eigenvalue weighted by Crippen LogP contribution is 2.08. The van der Waals surface area contributed by atoms with Crippen LogP contribution in [0.15, 0.2) is 30.3 Å². The molecule has 0 fully saturated rings. The Bertz CT molecular complexity index is 500. The van der Waals surface area contributed by atoms with Crippen LogP contribution in [-0.4, -0.2) is 35.7 Å². The van der Waals surface area contributed by atoms with E-state index in [4.69, 9.17) is 4.74 Å². The minimum atomic E-state index is -0.710. The molecule has 23 heavy (non-hydrogen) atoms. The van der Waals surface area contributed by atoms with Gasteiger partial charge in [-0.1, -0.05) is 30.3 Å². The molecule has 6 heteroatoms. The van der Waals surface area contributed by atoms with Gasteiger partial charge in [-0.2, -0.15) is 11.8 Å². The monoisotopic (exact) mass is 338 g/mol. The van der Waals surface area contributed by atoms with Crippen molar-refractivity contribution >= 4 is 23.8 Å². The van der Waals surface area contributed by atoms with Crippen LogP contribution in [0.4, 0.5) is 4.79 Å². The van der Waals surface area contributed by atoms with E-state index in [0.717, 1.165) is 11.3 Å². The highest BCUT2D eigenvalue weighted by Gasteiger charge is 2.23. The average Bonchev–Trinajstić information content (AvgIpc) is 2.46. The Balaban J connectivity index is 2.58. The van der Waals surface area contributed by atoms with Crippen LogP contribution >= 0.6 is 11.8 Å². The maximum atomic E-state index is 12.3. The second-order valence-corrected chi connectivity index (χ2v) is 7.18. The van der Waals surface area contributed by atoms with Crippen molar-refractivity contribution in [3.63, 3.8) is 0 Å². The van der Waals surface area contributed by atoms with Crippen molar-refractivity contribution in [2.75, 3.05) is 12.0 Å². The maximum absolute atomic E-state index is 12.3. The summed E-state index contributed by atoms with van der Waals surface area (Å²) in [4.78, 5) is 24.0. The number of carbonyl (C=O) groups is 2. The fraction of sp³-hybridized carbons (Fsp3) is 0.529. The lowest BCUT2D eigenvalue weighted by atomic mass is 10.1. The first-order valence-corrected chi connectivity index (χ1v) is 9.01. The van der Waals surface area contributed by atoms with Crippen LogP contribution in [-0.2, 0) is 16.1 Å². The average molecular weight is 338 g/mol. The van der Waals surface area contributed by atoms with Crippen LogP contribution in [0.25, 0.3) is 0 Å². The fourth-order valence-corrected chi connectivity index (χ4v) is 2.36. The van der Waals surface area contributed by atoms with Crippen LogP contribution < -0.4 is 10.6 Å². The standard InChI is InChI=1S/C17H26N2O3S/c1-17(2,3)22-16(21)19-15(20)14(10-11-23-4)18-12-13-8-6-5-7-9-13/h5-9,14,18H,10-12H2,1-4H3,(H,19,20,21)/t14-/m0/s1. The second kappa shape index (κ2) is 9.57. The lowest BCUT2D eigenvalue weighted by Crippen LogP contribution is -2.47. The molecule has 1 aromatic carbocycles. The lowest BCUT2D eigenvalue weighted by Gasteiger charge is -2.21. The molecular formula is C17H26N2O3S. The number of thioether (sulfide) groups is 1. The molecule has 5 nitrogen and oxygen atoms in total. The third kappa shape index (κ3) is 8.62. The molecule has 0 heterocycles. The molecule has 0 aliphatic carbocycles. The van der Waals surface area contributed by atoms with Crippen molar-refractivity contribution in [2.24, 2.45) is 0 Å². The quantitative estimate of drug-likeness (QED) is 0.800. The molecule has 1 atom stereocenters. The van der Waals surface area contributed by atoms with Crippen LogP contribution in [0.3, 0.4) is 0 Å². The summed E-state index contributed by atoms with van der Waals surface area (Å²) in [6.07, 6.45) is 1.92. The molecule has 0 aromatic heterocycles. The number of hydrogen-bond acceptors (Lipinski definition) is 5. The van der Waals surface area contributed by atoms with E-state index in [2.05, 4.69) is 10.6 Å². The topological polar surface area (TPSA) is 67.4 Å². The third-order valence-corrected chi connectivity index (χ3v) is 3.59. The zero-order valence-corrected chi connectivity index (χ0v) is 15.0. The van der Waals surface area contributed by atoms with E-state index in [1.807, 2.05) is 36.6 Å². The van der Waals surface area contributed by atoms with E-state index >= 15 is 0 Å². The molecular weight excluding hydrogens is 312 g/mol. The van der Waals surface area contributed by atoms with Gasteiger partial charge in [0.1, 0.15) is 5.60 Å². The Labute approximate surface area is 142 Å². The number of nitrogens with one attached hydrogen (secondary N) is 2. The van der Waals surface area contributed by atoms with Crippen LogP contribution in [0.1, 0.15) is 32.8 Å². The lowest BCUT2D eigenvalue weighted by molar-refractivity contribution is -0.122. The van der Waals surface area contributed by atoms with Gasteiger partial charge < -0.3 is 10.1 Å². The minimum absolute atomic E-state index is 0.357. The predicted molar refractivity (Wildman–Crippen MR) is 94.4 cm³/mol. The summed E-state index contributed by atoms with van der Waals surface area (Å²) in [6, 6.07) is 9.40. The number of benzene rings is 1. The zero-order valence-electron chi connectivity index (χ0n) is 14.2. The van der Waals surface area contributed by atoms with Crippen molar-refractivity contribution in [3.05, 3.63) is 35.9 Å². The van der Waals surface area contributed by atoms with Gasteiger partial charge in [-0.3, -0.25) is 10.1 Å². The first-order chi connectivity index (χ1) is 10.8. The summed E-state index contributed by atoms with van der Waals surface area (Å²) in [5.74, 6) is 0.470.